The Labute approximate surface area is 126 Å². The number of carboxylic acid groups (broad SMARTS) is 1. The average molecular weight is 297 g/mol. The molecule has 0 saturated heterocycles. The molecule has 7 nitrogen and oxygen atoms in total. The Morgan fingerprint density at radius 3 is 2.55 bits per heavy atom. The summed E-state index contributed by atoms with van der Waals surface area (Å²) in [6.07, 6.45) is 4.85. The van der Waals surface area contributed by atoms with Crippen molar-refractivity contribution >= 4 is 11.8 Å². The smallest absolute Gasteiger partial charge is 0.341 e. The van der Waals surface area contributed by atoms with Crippen LogP contribution in [0.15, 0.2) is 48.9 Å². The van der Waals surface area contributed by atoms with Gasteiger partial charge in [-0.15, -0.1) is 0 Å². The first-order valence-corrected chi connectivity index (χ1v) is 6.74. The van der Waals surface area contributed by atoms with Crippen LogP contribution in [-0.4, -0.2) is 30.6 Å². The molecule has 0 amide bonds. The van der Waals surface area contributed by atoms with E-state index in [2.05, 4.69) is 10.2 Å². The summed E-state index contributed by atoms with van der Waals surface area (Å²) in [5.74, 6) is -0.930. The third-order valence-corrected chi connectivity index (χ3v) is 3.58. The highest BCUT2D eigenvalue weighted by Crippen LogP contribution is 2.23. The number of nitrogen functional groups attached to an aromatic ring is 1. The van der Waals surface area contributed by atoms with Gasteiger partial charge in [-0.05, 0) is 30.7 Å². The molecule has 0 fully saturated rings. The maximum atomic E-state index is 11.0. The first-order chi connectivity index (χ1) is 10.6. The van der Waals surface area contributed by atoms with Gasteiger partial charge in [0.1, 0.15) is 11.4 Å². The molecule has 3 rings (SSSR count). The highest BCUT2D eigenvalue weighted by Gasteiger charge is 2.18. The quantitative estimate of drug-likeness (QED) is 0.767. The number of nitrogens with two attached hydrogens (primary N) is 1. The molecule has 22 heavy (non-hydrogen) atoms. The summed E-state index contributed by atoms with van der Waals surface area (Å²) >= 11 is 0. The van der Waals surface area contributed by atoms with Crippen molar-refractivity contribution < 1.29 is 9.90 Å². The zero-order valence-electron chi connectivity index (χ0n) is 11.9. The molecule has 0 spiro atoms. The van der Waals surface area contributed by atoms with Crippen molar-refractivity contribution in [3.8, 4) is 5.69 Å². The first-order valence-electron chi connectivity index (χ1n) is 6.74. The van der Waals surface area contributed by atoms with Crippen LogP contribution in [0.25, 0.3) is 5.69 Å². The summed E-state index contributed by atoms with van der Waals surface area (Å²) in [5, 5.41) is 17.3. The lowest BCUT2D eigenvalue weighted by molar-refractivity contribution is 0.0698. The molecule has 0 saturated carbocycles. The minimum Gasteiger partial charge on any atom is -0.477 e. The summed E-state index contributed by atoms with van der Waals surface area (Å²) in [5.41, 5.74) is 7.79. The van der Waals surface area contributed by atoms with E-state index >= 15 is 0 Å². The lowest BCUT2D eigenvalue weighted by atomic mass is 10.1. The molecule has 0 radical (unpaired) electrons. The standard InChI is InChI=1S/C15H15N5O2/c1-10(20-14(16)13(9-18-20)15(21)22)11-3-5-12(6-4-11)19-8-2-7-17-19/h2-10H,16H2,1H3,(H,21,22). The summed E-state index contributed by atoms with van der Waals surface area (Å²) in [6, 6.07) is 9.47. The molecule has 0 bridgehead atoms. The molecule has 3 N–H and O–H groups in total. The second-order valence-corrected chi connectivity index (χ2v) is 4.91. The number of hydrogen-bond donors (Lipinski definition) is 2. The van der Waals surface area contributed by atoms with Crippen molar-refractivity contribution in [2.45, 2.75) is 13.0 Å². The fraction of sp³-hybridized carbons (Fsp3) is 0.133. The van der Waals surface area contributed by atoms with Crippen molar-refractivity contribution in [2.24, 2.45) is 0 Å². The van der Waals surface area contributed by atoms with Gasteiger partial charge in [0.05, 0.1) is 17.9 Å². The van der Waals surface area contributed by atoms with E-state index < -0.39 is 5.97 Å². The van der Waals surface area contributed by atoms with Crippen LogP contribution in [0.3, 0.4) is 0 Å². The first kappa shape index (κ1) is 13.9. The number of hydrogen-bond acceptors (Lipinski definition) is 4. The minimum absolute atomic E-state index is 0.0139. The number of benzene rings is 1. The van der Waals surface area contributed by atoms with Crippen molar-refractivity contribution in [3.05, 3.63) is 60.0 Å². The van der Waals surface area contributed by atoms with E-state index in [1.165, 1.54) is 10.9 Å². The van der Waals surface area contributed by atoms with Crippen LogP contribution in [0.1, 0.15) is 28.9 Å². The van der Waals surface area contributed by atoms with Crippen LogP contribution in [0, 0.1) is 0 Å². The van der Waals surface area contributed by atoms with E-state index in [9.17, 15) is 4.79 Å². The Kier molecular flexibility index (Phi) is 3.38. The highest BCUT2D eigenvalue weighted by atomic mass is 16.4. The third-order valence-electron chi connectivity index (χ3n) is 3.58. The van der Waals surface area contributed by atoms with Gasteiger partial charge in [0.2, 0.25) is 0 Å². The predicted octanol–water partition coefficient (Wildman–Crippen LogP) is 1.96. The van der Waals surface area contributed by atoms with Gasteiger partial charge in [0.15, 0.2) is 0 Å². The molecule has 1 atom stereocenters. The number of carbonyl (C=O) groups is 1. The van der Waals surface area contributed by atoms with E-state index in [-0.39, 0.29) is 17.4 Å². The fourth-order valence-corrected chi connectivity index (χ4v) is 2.31. The highest BCUT2D eigenvalue weighted by molar-refractivity contribution is 5.92. The third kappa shape index (κ3) is 2.32. The number of carboxylic acids is 1. The maximum absolute atomic E-state index is 11.0. The molecule has 1 aromatic carbocycles. The Morgan fingerprint density at radius 1 is 1.27 bits per heavy atom. The van der Waals surface area contributed by atoms with E-state index in [1.54, 1.807) is 10.9 Å². The Morgan fingerprint density at radius 2 is 2.00 bits per heavy atom. The van der Waals surface area contributed by atoms with Gasteiger partial charge in [0.25, 0.3) is 0 Å². The summed E-state index contributed by atoms with van der Waals surface area (Å²) < 4.78 is 3.27. The molecule has 0 aliphatic rings. The van der Waals surface area contributed by atoms with Crippen LogP contribution < -0.4 is 5.73 Å². The summed E-state index contributed by atoms with van der Waals surface area (Å²) in [7, 11) is 0. The normalized spacial score (nSPS) is 12.2. The molecule has 3 aromatic rings. The van der Waals surface area contributed by atoms with Gasteiger partial charge >= 0.3 is 5.97 Å². The number of nitrogens with zero attached hydrogens (tertiary/aromatic N) is 4. The monoisotopic (exact) mass is 297 g/mol. The van der Waals surface area contributed by atoms with E-state index in [0.717, 1.165) is 11.3 Å². The zero-order valence-corrected chi connectivity index (χ0v) is 11.9. The maximum Gasteiger partial charge on any atom is 0.341 e. The van der Waals surface area contributed by atoms with Crippen molar-refractivity contribution in [2.75, 3.05) is 5.73 Å². The zero-order chi connectivity index (χ0) is 15.7. The van der Waals surface area contributed by atoms with Gasteiger partial charge in [-0.1, -0.05) is 12.1 Å². The molecule has 7 heteroatoms. The largest absolute Gasteiger partial charge is 0.477 e. The lowest BCUT2D eigenvalue weighted by Gasteiger charge is -2.15. The molecule has 112 valence electrons. The van der Waals surface area contributed by atoms with Gasteiger partial charge in [-0.25, -0.2) is 14.2 Å². The van der Waals surface area contributed by atoms with Crippen molar-refractivity contribution in [3.63, 3.8) is 0 Å². The number of aromatic carboxylic acids is 1. The second-order valence-electron chi connectivity index (χ2n) is 4.91. The molecule has 0 aliphatic heterocycles. The van der Waals surface area contributed by atoms with Gasteiger partial charge < -0.3 is 10.8 Å². The van der Waals surface area contributed by atoms with Crippen LogP contribution in [0.2, 0.25) is 0 Å². The SMILES string of the molecule is CC(c1ccc(-n2cccn2)cc1)n1ncc(C(=O)O)c1N. The molecule has 2 aromatic heterocycles. The number of aromatic nitrogens is 4. The average Bonchev–Trinajstić information content (AvgIpc) is 3.16. The number of rotatable bonds is 4. The van der Waals surface area contributed by atoms with Gasteiger partial charge in [-0.2, -0.15) is 10.2 Å². The van der Waals surface area contributed by atoms with Crippen molar-refractivity contribution in [1.82, 2.24) is 19.6 Å². The second kappa shape index (κ2) is 5.36. The fourth-order valence-electron chi connectivity index (χ4n) is 2.31. The molecular formula is C15H15N5O2. The Bertz CT molecular complexity index is 790. The van der Waals surface area contributed by atoms with Crippen LogP contribution in [-0.2, 0) is 0 Å². The van der Waals surface area contributed by atoms with E-state index in [0.29, 0.717) is 0 Å². The van der Waals surface area contributed by atoms with E-state index in [4.69, 9.17) is 10.8 Å². The van der Waals surface area contributed by atoms with Crippen LogP contribution in [0.4, 0.5) is 5.82 Å². The summed E-state index contributed by atoms with van der Waals surface area (Å²) in [4.78, 5) is 11.0. The van der Waals surface area contributed by atoms with Gasteiger partial charge in [0, 0.05) is 12.4 Å². The number of anilines is 1. The van der Waals surface area contributed by atoms with E-state index in [1.807, 2.05) is 43.5 Å². The summed E-state index contributed by atoms with van der Waals surface area (Å²) in [6.45, 7) is 1.91. The molecular weight excluding hydrogens is 282 g/mol. The Hall–Kier alpha value is -3.09. The minimum atomic E-state index is -1.08. The van der Waals surface area contributed by atoms with Gasteiger partial charge in [-0.3, -0.25) is 0 Å². The molecule has 1 unspecified atom stereocenters. The molecule has 0 aliphatic carbocycles. The lowest BCUT2D eigenvalue weighted by Crippen LogP contribution is -2.13. The predicted molar refractivity (Wildman–Crippen MR) is 81.0 cm³/mol. The Balaban J connectivity index is 1.89. The van der Waals surface area contributed by atoms with Crippen molar-refractivity contribution in [1.29, 1.82) is 0 Å². The topological polar surface area (TPSA) is 99.0 Å². The molecule has 2 heterocycles. The van der Waals surface area contributed by atoms with Crippen LogP contribution >= 0.6 is 0 Å². The van der Waals surface area contributed by atoms with Crippen LogP contribution in [0.5, 0.6) is 0 Å².